The summed E-state index contributed by atoms with van der Waals surface area (Å²) in [5, 5.41) is 48.5. The summed E-state index contributed by atoms with van der Waals surface area (Å²) in [5.41, 5.74) is -0.517. The Kier molecular flexibility index (Phi) is 11.8. The third-order valence-electron chi connectivity index (χ3n) is 10.8. The first-order chi connectivity index (χ1) is 24.3. The van der Waals surface area contributed by atoms with Crippen LogP contribution >= 0.6 is 23.5 Å². The number of carboxylic acid groups (broad SMARTS) is 2. The van der Waals surface area contributed by atoms with Crippen molar-refractivity contribution < 1.29 is 49.2 Å². The lowest BCUT2D eigenvalue weighted by atomic mass is 9.79. The lowest BCUT2D eigenvalue weighted by molar-refractivity contribution is -0.163. The zero-order valence-electron chi connectivity index (χ0n) is 30.6. The van der Waals surface area contributed by atoms with Gasteiger partial charge >= 0.3 is 11.9 Å². The summed E-state index contributed by atoms with van der Waals surface area (Å²) in [4.78, 5) is 86.2. The molecule has 0 aromatic heterocycles. The number of aliphatic carboxylic acids is 2. The van der Waals surface area contributed by atoms with Gasteiger partial charge in [0.1, 0.15) is 17.3 Å². The van der Waals surface area contributed by atoms with Gasteiger partial charge in [-0.2, -0.15) is 0 Å². The maximum atomic E-state index is 15.1. The van der Waals surface area contributed by atoms with Crippen molar-refractivity contribution in [2.24, 2.45) is 23.7 Å². The first kappa shape index (κ1) is 40.0. The highest BCUT2D eigenvalue weighted by Crippen LogP contribution is 2.54. The van der Waals surface area contributed by atoms with E-state index in [9.17, 15) is 44.4 Å². The van der Waals surface area contributed by atoms with Crippen molar-refractivity contribution in [3.05, 3.63) is 21.2 Å². The van der Waals surface area contributed by atoms with Gasteiger partial charge in [0.15, 0.2) is 0 Å². The summed E-state index contributed by atoms with van der Waals surface area (Å²) < 4.78 is 0. The smallest absolute Gasteiger partial charge is 0.353 e. The number of likely N-dealkylation sites (N-methyl/N-ethyl adjacent to an activating group) is 2. The molecule has 5 aliphatic rings. The summed E-state index contributed by atoms with van der Waals surface area (Å²) in [6.45, 7) is 7.01. The van der Waals surface area contributed by atoms with E-state index in [1.165, 1.54) is 52.1 Å². The van der Waals surface area contributed by atoms with Gasteiger partial charge in [0.05, 0.1) is 42.3 Å². The molecule has 3 fully saturated rings. The molecule has 5 heterocycles. The molecule has 288 valence electrons. The van der Waals surface area contributed by atoms with E-state index in [1.54, 1.807) is 35.1 Å². The molecule has 0 bridgehead atoms. The Hall–Kier alpha value is -3.16. The molecule has 18 heteroatoms. The first-order valence-electron chi connectivity index (χ1n) is 17.5. The third kappa shape index (κ3) is 6.97. The van der Waals surface area contributed by atoms with Crippen LogP contribution in [0.25, 0.3) is 0 Å². The number of hydrogen-bond donors (Lipinski definition) is 6. The Labute approximate surface area is 311 Å². The monoisotopic (exact) mass is 766 g/mol. The van der Waals surface area contributed by atoms with Crippen LogP contribution in [0.4, 0.5) is 0 Å². The van der Waals surface area contributed by atoms with Crippen LogP contribution in [0.5, 0.6) is 0 Å². The molecule has 0 aliphatic carbocycles. The number of β-lactam (4-membered cyclic amide) rings is 1. The lowest BCUT2D eigenvalue weighted by Crippen LogP contribution is -2.64. The number of rotatable bonds is 12. The first-order valence-corrected chi connectivity index (χ1v) is 19.2. The zero-order valence-corrected chi connectivity index (χ0v) is 32.2. The molecule has 0 saturated carbocycles. The van der Waals surface area contributed by atoms with Crippen molar-refractivity contribution in [3.63, 3.8) is 0 Å². The number of amides is 4. The molecular weight excluding hydrogens is 717 g/mol. The van der Waals surface area contributed by atoms with Gasteiger partial charge in [0, 0.05) is 73.4 Å². The minimum atomic E-state index is -1.60. The van der Waals surface area contributed by atoms with Crippen LogP contribution in [0.2, 0.25) is 0 Å². The number of carbonyl (C=O) groups excluding carboxylic acids is 4. The highest BCUT2D eigenvalue weighted by atomic mass is 32.2. The summed E-state index contributed by atoms with van der Waals surface area (Å²) >= 11 is 2.50. The molecule has 5 aliphatic heterocycles. The topological polar surface area (TPSA) is 220 Å². The van der Waals surface area contributed by atoms with Crippen LogP contribution < -0.4 is 10.6 Å². The van der Waals surface area contributed by atoms with Crippen molar-refractivity contribution in [1.82, 2.24) is 30.2 Å². The van der Waals surface area contributed by atoms with E-state index in [0.717, 1.165) is 4.90 Å². The maximum Gasteiger partial charge on any atom is 0.353 e. The lowest BCUT2D eigenvalue weighted by Gasteiger charge is -2.47. The average molecular weight is 767 g/mol. The normalized spacial score (nSPS) is 33.2. The fraction of sp³-hybridized carbons (Fsp3) is 0.706. The average Bonchev–Trinajstić information content (AvgIpc) is 3.82. The van der Waals surface area contributed by atoms with Gasteiger partial charge in [0.2, 0.25) is 17.7 Å². The number of aliphatic hydroxyl groups excluding tert-OH is 2. The van der Waals surface area contributed by atoms with Crippen LogP contribution in [-0.4, -0.2) is 164 Å². The summed E-state index contributed by atoms with van der Waals surface area (Å²) in [5.74, 6) is -8.27. The van der Waals surface area contributed by atoms with Crippen LogP contribution in [0, 0.1) is 23.7 Å². The van der Waals surface area contributed by atoms with Gasteiger partial charge in [-0.05, 0) is 26.7 Å². The van der Waals surface area contributed by atoms with E-state index in [2.05, 4.69) is 10.6 Å². The maximum absolute atomic E-state index is 15.1. The molecular formula is C34H50N6O10S2. The second kappa shape index (κ2) is 15.3. The number of thioether (sulfide) groups is 2. The predicted molar refractivity (Wildman–Crippen MR) is 192 cm³/mol. The Morgan fingerprint density at radius 1 is 0.808 bits per heavy atom. The van der Waals surface area contributed by atoms with Crippen LogP contribution in [0.15, 0.2) is 21.2 Å². The van der Waals surface area contributed by atoms with Gasteiger partial charge in [0.25, 0.3) is 5.91 Å². The van der Waals surface area contributed by atoms with Gasteiger partial charge < -0.3 is 45.8 Å². The van der Waals surface area contributed by atoms with E-state index in [-0.39, 0.29) is 32.9 Å². The molecule has 16 nitrogen and oxygen atoms in total. The zero-order chi connectivity index (χ0) is 38.7. The van der Waals surface area contributed by atoms with E-state index in [4.69, 9.17) is 0 Å². The Balaban J connectivity index is 1.60. The van der Waals surface area contributed by atoms with E-state index in [1.807, 2.05) is 6.92 Å². The SMILES string of the molecule is CC(O)C(C(=O)O)C1C(C)C(SC2CNC(C(=O)N(C)C)C2)=C(C(=O)O)N1C(=O)C1=C(SC2CNC(C(=O)N(C)C)C2)C(C)C2C(C(C)O)C(=O)N12. The number of nitrogens with zero attached hydrogens (tertiary/aromatic N) is 4. The summed E-state index contributed by atoms with van der Waals surface area (Å²) in [6, 6.07) is -2.92. The molecule has 12 atom stereocenters. The number of carbonyl (C=O) groups is 6. The highest BCUT2D eigenvalue weighted by Gasteiger charge is 2.62. The molecule has 0 radical (unpaired) electrons. The second-order valence-electron chi connectivity index (χ2n) is 14.9. The van der Waals surface area contributed by atoms with Crippen molar-refractivity contribution in [3.8, 4) is 0 Å². The molecule has 6 N–H and O–H groups in total. The molecule has 52 heavy (non-hydrogen) atoms. The van der Waals surface area contributed by atoms with E-state index >= 15 is 4.79 Å². The Bertz CT molecular complexity index is 1580. The molecule has 4 amide bonds. The molecule has 3 saturated heterocycles. The van der Waals surface area contributed by atoms with Gasteiger partial charge in [-0.3, -0.25) is 28.9 Å². The summed E-state index contributed by atoms with van der Waals surface area (Å²) in [6.07, 6.45) is -1.73. The molecule has 5 rings (SSSR count). The van der Waals surface area contributed by atoms with Crippen molar-refractivity contribution in [1.29, 1.82) is 0 Å². The van der Waals surface area contributed by atoms with Crippen LogP contribution in [0.1, 0.15) is 40.5 Å². The van der Waals surface area contributed by atoms with Crippen LogP contribution in [-0.2, 0) is 28.8 Å². The molecule has 0 aromatic carbocycles. The van der Waals surface area contributed by atoms with E-state index < -0.39 is 89.5 Å². The van der Waals surface area contributed by atoms with Gasteiger partial charge in [-0.1, -0.05) is 13.8 Å². The van der Waals surface area contributed by atoms with Crippen LogP contribution in [0.3, 0.4) is 0 Å². The fourth-order valence-corrected chi connectivity index (χ4v) is 11.3. The van der Waals surface area contributed by atoms with Gasteiger partial charge in [-0.15, -0.1) is 23.5 Å². The second-order valence-corrected chi connectivity index (χ2v) is 17.6. The van der Waals surface area contributed by atoms with E-state index in [0.29, 0.717) is 30.8 Å². The minimum absolute atomic E-state index is 0.0807. The number of carboxylic acids is 2. The van der Waals surface area contributed by atoms with Crippen molar-refractivity contribution in [2.75, 3.05) is 41.3 Å². The number of hydrogen-bond acceptors (Lipinski definition) is 12. The largest absolute Gasteiger partial charge is 0.481 e. The van der Waals surface area contributed by atoms with Crippen molar-refractivity contribution >= 4 is 59.1 Å². The molecule has 0 spiro atoms. The third-order valence-corrected chi connectivity index (χ3v) is 13.9. The molecule has 0 aromatic rings. The number of aliphatic hydroxyl groups is 2. The summed E-state index contributed by atoms with van der Waals surface area (Å²) in [7, 11) is 6.59. The quantitative estimate of drug-likeness (QED) is 0.137. The number of nitrogens with one attached hydrogen (secondary N) is 2. The van der Waals surface area contributed by atoms with Crippen molar-refractivity contribution in [2.45, 2.75) is 87.4 Å². The molecule has 12 unspecified atom stereocenters. The van der Waals surface area contributed by atoms with Gasteiger partial charge in [-0.25, -0.2) is 4.79 Å². The Morgan fingerprint density at radius 3 is 1.69 bits per heavy atom. The fourth-order valence-electron chi connectivity index (χ4n) is 8.32. The number of fused-ring (bicyclic) bond motifs is 1. The predicted octanol–water partition coefficient (Wildman–Crippen LogP) is -0.616. The highest BCUT2D eigenvalue weighted by molar-refractivity contribution is 8.04. The Morgan fingerprint density at radius 2 is 1.29 bits per heavy atom. The standard InChI is InChI=1S/C34H50N6O10S2/c1-13-23-21(15(3)41)31(45)39(23)25(27(13)51-17-9-19(35-11-17)29(43)37(5)6)32(46)40-24(22(16(4)42)33(47)48)14(2)28(26(40)34(49)50)52-18-10-20(36-12-18)30(44)38(7)8/h13-24,35-36,41-42H,9-12H2,1-8H3,(H,47,48)(H,49,50). The minimum Gasteiger partial charge on any atom is -0.481 e.